The van der Waals surface area contributed by atoms with E-state index >= 15 is 0 Å². The maximum Gasteiger partial charge on any atom is 0.241 e. The second-order valence-electron chi connectivity index (χ2n) is 4.22. The van der Waals surface area contributed by atoms with Crippen LogP contribution in [0, 0.1) is 0 Å². The minimum absolute atomic E-state index is 0.0479. The molecule has 0 saturated heterocycles. The Morgan fingerprint density at radius 1 is 1.43 bits per heavy atom. The summed E-state index contributed by atoms with van der Waals surface area (Å²) in [5, 5.41) is 3.73. The summed E-state index contributed by atoms with van der Waals surface area (Å²) in [6.45, 7) is 2.41. The van der Waals surface area contributed by atoms with Crippen molar-refractivity contribution in [1.29, 1.82) is 0 Å². The zero-order valence-corrected chi connectivity index (χ0v) is 12.6. The predicted molar refractivity (Wildman–Crippen MR) is 78.6 cm³/mol. The number of hydrogen-bond donors (Lipinski definition) is 0. The van der Waals surface area contributed by atoms with Gasteiger partial charge in [0, 0.05) is 6.54 Å². The number of benzene rings is 1. The summed E-state index contributed by atoms with van der Waals surface area (Å²) in [7, 11) is 1.57. The molecule has 0 N–H and O–H groups in total. The number of hydrogen-bond acceptors (Lipinski definition) is 5. The molecule has 1 heterocycles. The maximum atomic E-state index is 12.4. The summed E-state index contributed by atoms with van der Waals surface area (Å²) in [4.78, 5) is 18.1. The number of amides is 1. The molecule has 0 atom stereocenters. The Bertz CT molecular complexity index is 615. The summed E-state index contributed by atoms with van der Waals surface area (Å²) >= 11 is 5.59. The number of anilines is 1. The minimum atomic E-state index is -0.135. The lowest BCUT2D eigenvalue weighted by atomic mass is 10.2. The Morgan fingerprint density at radius 3 is 2.81 bits per heavy atom. The molecule has 0 fully saturated rings. The molecular formula is C14H16ClN3O3. The molecular weight excluding hydrogens is 294 g/mol. The van der Waals surface area contributed by atoms with Gasteiger partial charge in [-0.15, -0.1) is 11.6 Å². The second-order valence-corrected chi connectivity index (χ2v) is 4.49. The highest BCUT2D eigenvalue weighted by molar-refractivity contribution is 6.16. The lowest BCUT2D eigenvalue weighted by Gasteiger charge is -2.22. The van der Waals surface area contributed by atoms with E-state index in [4.69, 9.17) is 20.9 Å². The van der Waals surface area contributed by atoms with Gasteiger partial charge in [0.15, 0.2) is 5.82 Å². The van der Waals surface area contributed by atoms with E-state index in [0.29, 0.717) is 29.7 Å². The number of methoxy groups -OCH3 is 1. The van der Waals surface area contributed by atoms with Crippen molar-refractivity contribution in [2.75, 3.05) is 18.6 Å². The lowest BCUT2D eigenvalue weighted by Crippen LogP contribution is -2.32. The van der Waals surface area contributed by atoms with Crippen molar-refractivity contribution < 1.29 is 14.1 Å². The van der Waals surface area contributed by atoms with E-state index < -0.39 is 0 Å². The Hall–Kier alpha value is -2.08. The molecule has 112 valence electrons. The van der Waals surface area contributed by atoms with E-state index in [9.17, 15) is 4.79 Å². The Kier molecular flexibility index (Phi) is 5.16. The third-order valence-electron chi connectivity index (χ3n) is 2.93. The fraction of sp³-hybridized carbons (Fsp3) is 0.357. The number of carbonyl (C=O) groups excluding carboxylic acids is 1. The van der Waals surface area contributed by atoms with Crippen molar-refractivity contribution >= 4 is 23.2 Å². The molecule has 6 nitrogen and oxygen atoms in total. The highest BCUT2D eigenvalue weighted by atomic mass is 35.5. The van der Waals surface area contributed by atoms with E-state index in [2.05, 4.69) is 10.1 Å². The van der Waals surface area contributed by atoms with Crippen molar-refractivity contribution in [1.82, 2.24) is 10.1 Å². The standard InChI is InChI=1S/C14H16ClN3O3/c1-3-18(10-6-4-5-7-11(10)20-2)14(19)8-12-16-13(9-15)21-17-12/h4-7H,3,8-9H2,1-2H3. The van der Waals surface area contributed by atoms with Crippen molar-refractivity contribution in [3.05, 3.63) is 36.0 Å². The second kappa shape index (κ2) is 7.08. The van der Waals surface area contributed by atoms with Gasteiger partial charge in [-0.1, -0.05) is 17.3 Å². The van der Waals surface area contributed by atoms with E-state index in [-0.39, 0.29) is 18.2 Å². The molecule has 0 aliphatic rings. The van der Waals surface area contributed by atoms with Gasteiger partial charge >= 0.3 is 0 Å². The van der Waals surface area contributed by atoms with Crippen molar-refractivity contribution in [3.8, 4) is 5.75 Å². The van der Waals surface area contributed by atoms with Gasteiger partial charge in [-0.25, -0.2) is 0 Å². The summed E-state index contributed by atoms with van der Waals surface area (Å²) in [5.74, 6) is 1.26. The minimum Gasteiger partial charge on any atom is -0.495 e. The highest BCUT2D eigenvalue weighted by Gasteiger charge is 2.20. The molecule has 2 aromatic rings. The summed E-state index contributed by atoms with van der Waals surface area (Å²) in [6, 6.07) is 7.35. The SMILES string of the molecule is CCN(C(=O)Cc1noc(CCl)n1)c1ccccc1OC. The zero-order chi connectivity index (χ0) is 15.2. The van der Waals surface area contributed by atoms with Gasteiger partial charge in [0.2, 0.25) is 11.8 Å². The van der Waals surface area contributed by atoms with Crippen LogP contribution in [-0.2, 0) is 17.1 Å². The number of aromatic nitrogens is 2. The van der Waals surface area contributed by atoms with Gasteiger partial charge in [-0.05, 0) is 19.1 Å². The van der Waals surface area contributed by atoms with Crippen LogP contribution >= 0.6 is 11.6 Å². The molecule has 0 bridgehead atoms. The first-order valence-electron chi connectivity index (χ1n) is 6.50. The van der Waals surface area contributed by atoms with Crippen molar-refractivity contribution in [3.63, 3.8) is 0 Å². The molecule has 21 heavy (non-hydrogen) atoms. The number of rotatable bonds is 6. The molecule has 1 amide bonds. The average molecular weight is 310 g/mol. The van der Waals surface area contributed by atoms with Crippen LogP contribution < -0.4 is 9.64 Å². The molecule has 0 saturated carbocycles. The summed E-state index contributed by atoms with van der Waals surface area (Å²) < 4.78 is 10.2. The van der Waals surface area contributed by atoms with Crippen LogP contribution in [-0.4, -0.2) is 29.7 Å². The number of alkyl halides is 1. The quantitative estimate of drug-likeness (QED) is 0.766. The Labute approximate surface area is 127 Å². The monoisotopic (exact) mass is 309 g/mol. The fourth-order valence-corrected chi connectivity index (χ4v) is 2.09. The Balaban J connectivity index is 2.18. The number of ether oxygens (including phenoxy) is 1. The van der Waals surface area contributed by atoms with Gasteiger partial charge in [0.1, 0.15) is 11.6 Å². The first kappa shape index (κ1) is 15.3. The van der Waals surface area contributed by atoms with Crippen LogP contribution in [0.1, 0.15) is 18.6 Å². The number of para-hydroxylation sites is 2. The van der Waals surface area contributed by atoms with Gasteiger partial charge in [-0.3, -0.25) is 4.79 Å². The largest absolute Gasteiger partial charge is 0.495 e. The molecule has 2 rings (SSSR count). The van der Waals surface area contributed by atoms with Crippen LogP contribution in [0.25, 0.3) is 0 Å². The van der Waals surface area contributed by atoms with Gasteiger partial charge in [0.25, 0.3) is 0 Å². The molecule has 0 aliphatic carbocycles. The van der Waals surface area contributed by atoms with Crippen LogP contribution in [0.4, 0.5) is 5.69 Å². The van der Waals surface area contributed by atoms with Crippen molar-refractivity contribution in [2.24, 2.45) is 0 Å². The molecule has 0 aliphatic heterocycles. The van der Waals surface area contributed by atoms with Crippen LogP contribution in [0.5, 0.6) is 5.75 Å². The fourth-order valence-electron chi connectivity index (χ4n) is 1.98. The molecule has 0 spiro atoms. The van der Waals surface area contributed by atoms with Gasteiger partial charge in [0.05, 0.1) is 19.2 Å². The number of likely N-dealkylation sites (N-methyl/N-ethyl adjacent to an activating group) is 1. The first-order valence-corrected chi connectivity index (χ1v) is 7.03. The smallest absolute Gasteiger partial charge is 0.241 e. The van der Waals surface area contributed by atoms with Gasteiger partial charge < -0.3 is 14.2 Å². The van der Waals surface area contributed by atoms with E-state index in [1.165, 1.54) is 0 Å². The molecule has 1 aromatic heterocycles. The molecule has 1 aromatic carbocycles. The van der Waals surface area contributed by atoms with Crippen LogP contribution in [0.3, 0.4) is 0 Å². The highest BCUT2D eigenvalue weighted by Crippen LogP contribution is 2.27. The predicted octanol–water partition coefficient (Wildman–Crippen LogP) is 2.41. The normalized spacial score (nSPS) is 10.4. The zero-order valence-electron chi connectivity index (χ0n) is 11.9. The number of halogens is 1. The third kappa shape index (κ3) is 3.52. The van der Waals surface area contributed by atoms with E-state index in [0.717, 1.165) is 0 Å². The molecule has 0 radical (unpaired) electrons. The van der Waals surface area contributed by atoms with Crippen LogP contribution in [0.15, 0.2) is 28.8 Å². The first-order chi connectivity index (χ1) is 10.2. The number of nitrogens with zero attached hydrogens (tertiary/aromatic N) is 3. The van der Waals surface area contributed by atoms with E-state index in [1.54, 1.807) is 12.0 Å². The lowest BCUT2D eigenvalue weighted by molar-refractivity contribution is -0.118. The van der Waals surface area contributed by atoms with E-state index in [1.807, 2.05) is 31.2 Å². The average Bonchev–Trinajstić information content (AvgIpc) is 2.96. The maximum absolute atomic E-state index is 12.4. The van der Waals surface area contributed by atoms with Crippen molar-refractivity contribution in [2.45, 2.75) is 19.2 Å². The third-order valence-corrected chi connectivity index (χ3v) is 3.16. The van der Waals surface area contributed by atoms with Crippen LogP contribution in [0.2, 0.25) is 0 Å². The topological polar surface area (TPSA) is 68.5 Å². The number of carbonyl (C=O) groups is 1. The molecule has 0 unspecified atom stereocenters. The summed E-state index contributed by atoms with van der Waals surface area (Å²) in [5.41, 5.74) is 0.716. The summed E-state index contributed by atoms with van der Waals surface area (Å²) in [6.07, 6.45) is 0.0479. The Morgan fingerprint density at radius 2 is 2.19 bits per heavy atom. The van der Waals surface area contributed by atoms with Gasteiger partial charge in [-0.2, -0.15) is 4.98 Å². The molecule has 7 heteroatoms.